The summed E-state index contributed by atoms with van der Waals surface area (Å²) in [6, 6.07) is 8.11. The van der Waals surface area contributed by atoms with Gasteiger partial charge in [-0.05, 0) is 31.0 Å². The Bertz CT molecular complexity index is 284. The van der Waals surface area contributed by atoms with Gasteiger partial charge in [-0.15, -0.1) is 0 Å². The van der Waals surface area contributed by atoms with Crippen LogP contribution in [0, 0.1) is 0 Å². The zero-order chi connectivity index (χ0) is 11.1. The quantitative estimate of drug-likeness (QED) is 0.726. The molecule has 2 N–H and O–H groups in total. The molecular formula is C13H21NO. The first-order chi connectivity index (χ1) is 7.24. The molecular weight excluding hydrogens is 186 g/mol. The lowest BCUT2D eigenvalue weighted by Gasteiger charge is -2.09. The molecule has 15 heavy (non-hydrogen) atoms. The first-order valence-corrected chi connectivity index (χ1v) is 5.72. The van der Waals surface area contributed by atoms with Crippen LogP contribution in [-0.4, -0.2) is 6.61 Å². The normalized spacial score (nSPS) is 12.5. The van der Waals surface area contributed by atoms with Gasteiger partial charge in [-0.3, -0.25) is 0 Å². The topological polar surface area (TPSA) is 35.2 Å². The molecule has 2 nitrogen and oxygen atoms in total. The lowest BCUT2D eigenvalue weighted by molar-refractivity contribution is 0.306. The Morgan fingerprint density at radius 1 is 1.33 bits per heavy atom. The van der Waals surface area contributed by atoms with E-state index in [1.165, 1.54) is 12.8 Å². The van der Waals surface area contributed by atoms with Crippen molar-refractivity contribution in [1.29, 1.82) is 0 Å². The zero-order valence-electron chi connectivity index (χ0n) is 9.70. The number of benzene rings is 1. The fourth-order valence-corrected chi connectivity index (χ4v) is 1.43. The largest absolute Gasteiger partial charge is 0.494 e. The van der Waals surface area contributed by atoms with Crippen LogP contribution in [0.25, 0.3) is 0 Å². The minimum absolute atomic E-state index is 0.0733. The van der Waals surface area contributed by atoms with Gasteiger partial charge in [-0.1, -0.05) is 31.9 Å². The number of rotatable bonds is 6. The van der Waals surface area contributed by atoms with Crippen molar-refractivity contribution in [3.05, 3.63) is 29.8 Å². The van der Waals surface area contributed by atoms with Crippen LogP contribution in [-0.2, 0) is 0 Å². The van der Waals surface area contributed by atoms with Crippen LogP contribution in [0.4, 0.5) is 0 Å². The van der Waals surface area contributed by atoms with Crippen molar-refractivity contribution in [2.24, 2.45) is 5.73 Å². The first kappa shape index (κ1) is 12.1. The number of nitrogens with two attached hydrogens (primary N) is 1. The maximum atomic E-state index is 5.80. The third kappa shape index (κ3) is 4.34. The van der Waals surface area contributed by atoms with Crippen LogP contribution in [0.2, 0.25) is 0 Å². The van der Waals surface area contributed by atoms with Crippen molar-refractivity contribution in [2.75, 3.05) is 6.61 Å². The summed E-state index contributed by atoms with van der Waals surface area (Å²) >= 11 is 0. The molecule has 0 bridgehead atoms. The molecule has 0 amide bonds. The molecule has 0 aliphatic rings. The summed E-state index contributed by atoms with van der Waals surface area (Å²) < 4.78 is 5.64. The van der Waals surface area contributed by atoms with E-state index in [4.69, 9.17) is 10.5 Å². The molecule has 84 valence electrons. The summed E-state index contributed by atoms with van der Waals surface area (Å²) in [6.07, 6.45) is 3.58. The van der Waals surface area contributed by atoms with Gasteiger partial charge in [-0.2, -0.15) is 0 Å². The monoisotopic (exact) mass is 207 g/mol. The fourth-order valence-electron chi connectivity index (χ4n) is 1.43. The second-order valence-electron chi connectivity index (χ2n) is 3.92. The number of hydrogen-bond donors (Lipinski definition) is 1. The standard InChI is InChI=1S/C13H21NO/c1-3-4-5-9-15-13-8-6-7-12(10-13)11(2)14/h6-8,10-11H,3-5,9,14H2,1-2H3/t11-/m0/s1. The predicted molar refractivity (Wildman–Crippen MR) is 64.1 cm³/mol. The molecule has 0 aromatic heterocycles. The Morgan fingerprint density at radius 3 is 2.80 bits per heavy atom. The maximum Gasteiger partial charge on any atom is 0.119 e. The molecule has 1 atom stereocenters. The van der Waals surface area contributed by atoms with Crippen molar-refractivity contribution in [1.82, 2.24) is 0 Å². The van der Waals surface area contributed by atoms with E-state index in [0.717, 1.165) is 24.3 Å². The van der Waals surface area contributed by atoms with Crippen LogP contribution in [0.1, 0.15) is 44.7 Å². The number of unbranched alkanes of at least 4 members (excludes halogenated alkanes) is 2. The Hall–Kier alpha value is -1.02. The van der Waals surface area contributed by atoms with Gasteiger partial charge < -0.3 is 10.5 Å². The molecule has 1 aromatic rings. The van der Waals surface area contributed by atoms with Gasteiger partial charge in [0, 0.05) is 6.04 Å². The highest BCUT2D eigenvalue weighted by molar-refractivity contribution is 5.30. The smallest absolute Gasteiger partial charge is 0.119 e. The van der Waals surface area contributed by atoms with Crippen molar-refractivity contribution in [3.63, 3.8) is 0 Å². The molecule has 0 heterocycles. The van der Waals surface area contributed by atoms with E-state index in [1.807, 2.05) is 31.2 Å². The van der Waals surface area contributed by atoms with Gasteiger partial charge in [-0.25, -0.2) is 0 Å². The molecule has 0 radical (unpaired) electrons. The molecule has 1 rings (SSSR count). The van der Waals surface area contributed by atoms with Crippen molar-refractivity contribution < 1.29 is 4.74 Å². The van der Waals surface area contributed by atoms with Crippen LogP contribution < -0.4 is 10.5 Å². The van der Waals surface area contributed by atoms with Gasteiger partial charge >= 0.3 is 0 Å². The summed E-state index contributed by atoms with van der Waals surface area (Å²) in [5, 5.41) is 0. The summed E-state index contributed by atoms with van der Waals surface area (Å²) in [5.41, 5.74) is 6.93. The highest BCUT2D eigenvalue weighted by Crippen LogP contribution is 2.17. The van der Waals surface area contributed by atoms with E-state index in [9.17, 15) is 0 Å². The van der Waals surface area contributed by atoms with Crippen LogP contribution >= 0.6 is 0 Å². The molecule has 0 spiro atoms. The maximum absolute atomic E-state index is 5.80. The van der Waals surface area contributed by atoms with Crippen molar-refractivity contribution >= 4 is 0 Å². The Labute approximate surface area is 92.4 Å². The average molecular weight is 207 g/mol. The van der Waals surface area contributed by atoms with Crippen molar-refractivity contribution in [2.45, 2.75) is 39.2 Å². The summed E-state index contributed by atoms with van der Waals surface area (Å²) in [7, 11) is 0. The average Bonchev–Trinajstić information content (AvgIpc) is 2.25. The van der Waals surface area contributed by atoms with Crippen LogP contribution in [0.5, 0.6) is 5.75 Å². The Kier molecular flexibility index (Phi) is 5.19. The highest BCUT2D eigenvalue weighted by Gasteiger charge is 2.00. The molecule has 0 saturated heterocycles. The minimum atomic E-state index is 0.0733. The van der Waals surface area contributed by atoms with E-state index < -0.39 is 0 Å². The van der Waals surface area contributed by atoms with Crippen LogP contribution in [0.3, 0.4) is 0 Å². The van der Waals surface area contributed by atoms with Gasteiger partial charge in [0.1, 0.15) is 5.75 Å². The van der Waals surface area contributed by atoms with E-state index in [1.54, 1.807) is 0 Å². The van der Waals surface area contributed by atoms with E-state index in [2.05, 4.69) is 6.92 Å². The van der Waals surface area contributed by atoms with Gasteiger partial charge in [0.05, 0.1) is 6.61 Å². The van der Waals surface area contributed by atoms with E-state index in [-0.39, 0.29) is 6.04 Å². The van der Waals surface area contributed by atoms with Crippen molar-refractivity contribution in [3.8, 4) is 5.75 Å². The Balaban J connectivity index is 2.43. The van der Waals surface area contributed by atoms with Crippen LogP contribution in [0.15, 0.2) is 24.3 Å². The van der Waals surface area contributed by atoms with Gasteiger partial charge in [0.25, 0.3) is 0 Å². The second-order valence-corrected chi connectivity index (χ2v) is 3.92. The molecule has 0 saturated carbocycles. The van der Waals surface area contributed by atoms with Gasteiger partial charge in [0.15, 0.2) is 0 Å². The molecule has 0 fully saturated rings. The lowest BCUT2D eigenvalue weighted by Crippen LogP contribution is -2.05. The first-order valence-electron chi connectivity index (χ1n) is 5.72. The third-order valence-corrected chi connectivity index (χ3v) is 2.40. The van der Waals surface area contributed by atoms with E-state index >= 15 is 0 Å². The zero-order valence-corrected chi connectivity index (χ0v) is 9.70. The predicted octanol–water partition coefficient (Wildman–Crippen LogP) is 3.28. The minimum Gasteiger partial charge on any atom is -0.494 e. The molecule has 0 aliphatic carbocycles. The SMILES string of the molecule is CCCCCOc1cccc([C@H](C)N)c1. The summed E-state index contributed by atoms with van der Waals surface area (Å²) in [6.45, 7) is 4.98. The van der Waals surface area contributed by atoms with Gasteiger partial charge in [0.2, 0.25) is 0 Å². The number of ether oxygens (including phenoxy) is 1. The molecule has 1 aromatic carbocycles. The number of hydrogen-bond acceptors (Lipinski definition) is 2. The highest BCUT2D eigenvalue weighted by atomic mass is 16.5. The summed E-state index contributed by atoms with van der Waals surface area (Å²) in [4.78, 5) is 0. The second kappa shape index (κ2) is 6.46. The van der Waals surface area contributed by atoms with E-state index in [0.29, 0.717) is 0 Å². The molecule has 0 unspecified atom stereocenters. The third-order valence-electron chi connectivity index (χ3n) is 2.40. The lowest BCUT2D eigenvalue weighted by atomic mass is 10.1. The fraction of sp³-hybridized carbons (Fsp3) is 0.538. The summed E-state index contributed by atoms with van der Waals surface area (Å²) in [5.74, 6) is 0.931. The Morgan fingerprint density at radius 2 is 2.13 bits per heavy atom. The molecule has 2 heteroatoms. The molecule has 0 aliphatic heterocycles.